The van der Waals surface area contributed by atoms with Gasteiger partial charge in [-0.1, -0.05) is 18.0 Å². The average Bonchev–Trinajstić information content (AvgIpc) is 2.41. The van der Waals surface area contributed by atoms with Crippen molar-refractivity contribution in [3.8, 4) is 0 Å². The summed E-state index contributed by atoms with van der Waals surface area (Å²) in [7, 11) is 0. The predicted molar refractivity (Wildman–Crippen MR) is 79.6 cm³/mol. The molecule has 1 heterocycles. The third-order valence-electron chi connectivity index (χ3n) is 3.84. The molecule has 1 aromatic carbocycles. The first-order valence-electron chi connectivity index (χ1n) is 6.90. The lowest BCUT2D eigenvalue weighted by atomic mass is 10.0. The zero-order chi connectivity index (χ0) is 13.8. The predicted octanol–water partition coefficient (Wildman–Crippen LogP) is 3.54. The lowest BCUT2D eigenvalue weighted by Gasteiger charge is -2.37. The summed E-state index contributed by atoms with van der Waals surface area (Å²) in [5.41, 5.74) is 0.797. The minimum Gasteiger partial charge on any atom is -0.325 e. The van der Waals surface area contributed by atoms with Gasteiger partial charge in [0, 0.05) is 16.8 Å². The summed E-state index contributed by atoms with van der Waals surface area (Å²) in [4.78, 5) is 14.5. The Morgan fingerprint density at radius 3 is 2.68 bits per heavy atom. The van der Waals surface area contributed by atoms with Crippen molar-refractivity contribution in [2.75, 3.05) is 11.9 Å². The van der Waals surface area contributed by atoms with Crippen molar-refractivity contribution in [1.82, 2.24) is 4.90 Å². The van der Waals surface area contributed by atoms with Crippen molar-refractivity contribution >= 4 is 23.2 Å². The molecule has 0 aromatic heterocycles. The van der Waals surface area contributed by atoms with Crippen molar-refractivity contribution in [2.24, 2.45) is 0 Å². The van der Waals surface area contributed by atoms with Gasteiger partial charge in [0.25, 0.3) is 0 Å². The van der Waals surface area contributed by atoms with Crippen molar-refractivity contribution in [2.45, 2.75) is 45.2 Å². The van der Waals surface area contributed by atoms with E-state index in [4.69, 9.17) is 11.6 Å². The van der Waals surface area contributed by atoms with Crippen LogP contribution in [-0.4, -0.2) is 29.4 Å². The third-order valence-corrected chi connectivity index (χ3v) is 4.10. The van der Waals surface area contributed by atoms with Crippen LogP contribution in [0.5, 0.6) is 0 Å². The van der Waals surface area contributed by atoms with Crippen molar-refractivity contribution in [3.05, 3.63) is 29.3 Å². The van der Waals surface area contributed by atoms with Crippen molar-refractivity contribution in [3.63, 3.8) is 0 Å². The Labute approximate surface area is 119 Å². The first-order valence-corrected chi connectivity index (χ1v) is 7.28. The van der Waals surface area contributed by atoms with E-state index in [1.54, 1.807) is 12.1 Å². The molecule has 2 unspecified atom stereocenters. The Kier molecular flexibility index (Phi) is 4.83. The number of carbonyl (C=O) groups excluding carboxylic acids is 1. The normalized spacial score (nSPS) is 21.9. The van der Waals surface area contributed by atoms with Crippen molar-refractivity contribution < 1.29 is 4.79 Å². The summed E-state index contributed by atoms with van der Waals surface area (Å²) >= 11 is 5.83. The highest BCUT2D eigenvalue weighted by molar-refractivity contribution is 6.30. The molecule has 0 aliphatic carbocycles. The molecule has 3 nitrogen and oxygen atoms in total. The van der Waals surface area contributed by atoms with Crippen LogP contribution in [0.2, 0.25) is 5.02 Å². The van der Waals surface area contributed by atoms with Crippen LogP contribution in [0.1, 0.15) is 33.1 Å². The van der Waals surface area contributed by atoms with Gasteiger partial charge in [0.1, 0.15) is 0 Å². The molecule has 0 spiro atoms. The zero-order valence-electron chi connectivity index (χ0n) is 11.5. The van der Waals surface area contributed by atoms with Crippen LogP contribution in [0.4, 0.5) is 5.69 Å². The smallest absolute Gasteiger partial charge is 0.241 e. The molecule has 2 atom stereocenters. The number of hydrogen-bond donors (Lipinski definition) is 1. The number of hydrogen-bond acceptors (Lipinski definition) is 2. The molecule has 1 saturated heterocycles. The molecule has 104 valence electrons. The molecule has 0 saturated carbocycles. The Balaban J connectivity index is 1.96. The van der Waals surface area contributed by atoms with Gasteiger partial charge in [0.15, 0.2) is 0 Å². The average molecular weight is 281 g/mol. The summed E-state index contributed by atoms with van der Waals surface area (Å²) < 4.78 is 0. The Morgan fingerprint density at radius 1 is 1.37 bits per heavy atom. The van der Waals surface area contributed by atoms with Crippen LogP contribution in [0.25, 0.3) is 0 Å². The molecule has 0 bridgehead atoms. The molecule has 1 fully saturated rings. The van der Waals surface area contributed by atoms with Gasteiger partial charge in [-0.25, -0.2) is 0 Å². The Morgan fingerprint density at radius 2 is 2.05 bits per heavy atom. The third kappa shape index (κ3) is 3.71. The molecular formula is C15H21ClN2O. The van der Waals surface area contributed by atoms with E-state index in [0.29, 0.717) is 11.1 Å². The Hall–Kier alpha value is -1.06. The molecule has 1 aliphatic heterocycles. The second kappa shape index (κ2) is 6.40. The van der Waals surface area contributed by atoms with Crippen LogP contribution in [0, 0.1) is 0 Å². The lowest BCUT2D eigenvalue weighted by Crippen LogP contribution is -2.48. The second-order valence-corrected chi connectivity index (χ2v) is 5.69. The highest BCUT2D eigenvalue weighted by Crippen LogP contribution is 2.20. The summed E-state index contributed by atoms with van der Waals surface area (Å²) in [6.07, 6.45) is 3.63. The number of rotatable bonds is 3. The van der Waals surface area contributed by atoms with E-state index in [2.05, 4.69) is 17.1 Å². The minimum atomic E-state index is -0.0917. The van der Waals surface area contributed by atoms with Crippen LogP contribution >= 0.6 is 11.6 Å². The molecule has 19 heavy (non-hydrogen) atoms. The summed E-state index contributed by atoms with van der Waals surface area (Å²) in [5, 5.41) is 3.62. The number of likely N-dealkylation sites (tertiary alicyclic amines) is 1. The molecule has 1 aliphatic rings. The van der Waals surface area contributed by atoms with E-state index >= 15 is 0 Å². The highest BCUT2D eigenvalue weighted by Gasteiger charge is 2.27. The number of piperidine rings is 1. The largest absolute Gasteiger partial charge is 0.325 e. The maximum absolute atomic E-state index is 12.3. The second-order valence-electron chi connectivity index (χ2n) is 5.25. The van der Waals surface area contributed by atoms with Crippen LogP contribution < -0.4 is 5.32 Å². The van der Waals surface area contributed by atoms with Gasteiger partial charge in [-0.05, 0) is 57.5 Å². The van der Waals surface area contributed by atoms with Crippen LogP contribution in [0.15, 0.2) is 24.3 Å². The molecule has 4 heteroatoms. The van der Waals surface area contributed by atoms with E-state index in [-0.39, 0.29) is 11.9 Å². The molecule has 1 N–H and O–H groups in total. The molecule has 0 radical (unpaired) electrons. The molecular weight excluding hydrogens is 260 g/mol. The van der Waals surface area contributed by atoms with Gasteiger partial charge < -0.3 is 5.32 Å². The maximum atomic E-state index is 12.3. The minimum absolute atomic E-state index is 0.0519. The zero-order valence-corrected chi connectivity index (χ0v) is 12.3. The number of nitrogens with zero attached hydrogens (tertiary/aromatic N) is 1. The van der Waals surface area contributed by atoms with Gasteiger partial charge in [0.2, 0.25) is 5.91 Å². The van der Waals surface area contributed by atoms with E-state index in [1.165, 1.54) is 19.3 Å². The van der Waals surface area contributed by atoms with Crippen LogP contribution in [0.3, 0.4) is 0 Å². The number of carbonyl (C=O) groups is 1. The van der Waals surface area contributed by atoms with Gasteiger partial charge in [-0.2, -0.15) is 0 Å². The topological polar surface area (TPSA) is 32.3 Å². The van der Waals surface area contributed by atoms with Gasteiger partial charge >= 0.3 is 0 Å². The van der Waals surface area contributed by atoms with Crippen molar-refractivity contribution in [1.29, 1.82) is 0 Å². The maximum Gasteiger partial charge on any atom is 0.241 e. The number of halogens is 1. The highest BCUT2D eigenvalue weighted by atomic mass is 35.5. The summed E-state index contributed by atoms with van der Waals surface area (Å²) in [6, 6.07) is 7.61. The van der Waals surface area contributed by atoms with E-state index in [0.717, 1.165) is 12.2 Å². The fourth-order valence-electron chi connectivity index (χ4n) is 2.63. The van der Waals surface area contributed by atoms with Gasteiger partial charge in [-0.15, -0.1) is 0 Å². The number of anilines is 1. The number of nitrogens with one attached hydrogen (secondary N) is 1. The first kappa shape index (κ1) is 14.4. The van der Waals surface area contributed by atoms with Gasteiger partial charge in [0.05, 0.1) is 6.04 Å². The Bertz CT molecular complexity index is 432. The fourth-order valence-corrected chi connectivity index (χ4v) is 2.75. The number of amides is 1. The number of benzene rings is 1. The molecule has 1 aromatic rings. The van der Waals surface area contributed by atoms with E-state index in [1.807, 2.05) is 19.1 Å². The molecule has 1 amide bonds. The van der Waals surface area contributed by atoms with Gasteiger partial charge in [-0.3, -0.25) is 9.69 Å². The lowest BCUT2D eigenvalue weighted by molar-refractivity contribution is -0.122. The standard InChI is InChI=1S/C15H21ClN2O/c1-11-5-3-4-10-18(11)12(2)15(19)17-14-8-6-13(16)7-9-14/h6-9,11-12H,3-5,10H2,1-2H3,(H,17,19). The quantitative estimate of drug-likeness (QED) is 0.918. The monoisotopic (exact) mass is 280 g/mol. The molecule has 2 rings (SSSR count). The van der Waals surface area contributed by atoms with Crippen LogP contribution in [-0.2, 0) is 4.79 Å². The fraction of sp³-hybridized carbons (Fsp3) is 0.533. The summed E-state index contributed by atoms with van der Waals surface area (Å²) in [6.45, 7) is 5.19. The first-order chi connectivity index (χ1) is 9.08. The summed E-state index contributed by atoms with van der Waals surface area (Å²) in [5.74, 6) is 0.0519. The van der Waals surface area contributed by atoms with E-state index in [9.17, 15) is 4.79 Å². The van der Waals surface area contributed by atoms with E-state index < -0.39 is 0 Å². The SMILES string of the molecule is CC1CCCCN1C(C)C(=O)Nc1ccc(Cl)cc1.